The van der Waals surface area contributed by atoms with Crippen molar-refractivity contribution in [1.82, 2.24) is 29.8 Å². The molecule has 1 atom stereocenters. The van der Waals surface area contributed by atoms with Crippen LogP contribution in [0, 0.1) is 0 Å². The Balaban J connectivity index is 0.00000368. The first-order chi connectivity index (χ1) is 20.3. The van der Waals surface area contributed by atoms with Crippen LogP contribution in [0.4, 0.5) is 18.0 Å². The number of carbonyl (C=O) groups is 2. The van der Waals surface area contributed by atoms with E-state index in [1.807, 2.05) is 9.58 Å². The van der Waals surface area contributed by atoms with Gasteiger partial charge in [-0.25, -0.2) is 4.79 Å². The Morgan fingerprint density at radius 1 is 0.884 bits per heavy atom. The highest BCUT2D eigenvalue weighted by molar-refractivity contribution is 5.95. The monoisotopic (exact) mass is 622 g/mol. The fraction of sp³-hybridized carbons (Fsp3) is 0.645. The lowest BCUT2D eigenvalue weighted by atomic mass is 9.93. The van der Waals surface area contributed by atoms with Crippen LogP contribution < -0.4 is 5.32 Å². The molecule has 4 heterocycles. The summed E-state index contributed by atoms with van der Waals surface area (Å²) in [5.41, 5.74) is 1.20. The molecule has 43 heavy (non-hydrogen) atoms. The number of carbonyl (C=O) groups excluding carboxylic acids is 2. The van der Waals surface area contributed by atoms with Crippen molar-refractivity contribution >= 4 is 24.3 Å². The van der Waals surface area contributed by atoms with Gasteiger partial charge in [-0.3, -0.25) is 9.48 Å². The smallest absolute Gasteiger partial charge is 0.338 e. The molecule has 3 aliphatic heterocycles. The maximum atomic E-state index is 13.7. The quantitative estimate of drug-likeness (QED) is 0.432. The minimum atomic E-state index is -4.42. The number of benzene rings is 1. The molecule has 1 aromatic heterocycles. The summed E-state index contributed by atoms with van der Waals surface area (Å²) in [7, 11) is 0. The Morgan fingerprint density at radius 2 is 1.58 bits per heavy atom. The Hall–Kier alpha value is -2.79. The van der Waals surface area contributed by atoms with Gasteiger partial charge >= 0.3 is 12.2 Å². The van der Waals surface area contributed by atoms with Crippen molar-refractivity contribution < 1.29 is 22.8 Å². The van der Waals surface area contributed by atoms with Gasteiger partial charge in [0.1, 0.15) is 0 Å². The Morgan fingerprint density at radius 3 is 2.28 bits per heavy atom. The summed E-state index contributed by atoms with van der Waals surface area (Å²) in [6, 6.07) is 5.81. The topological polar surface area (TPSA) is 73.7 Å². The van der Waals surface area contributed by atoms with E-state index < -0.39 is 11.7 Å². The molecule has 8 nitrogen and oxygen atoms in total. The third-order valence-corrected chi connectivity index (χ3v) is 9.46. The highest BCUT2D eigenvalue weighted by atomic mass is 35.5. The summed E-state index contributed by atoms with van der Waals surface area (Å²) in [6.45, 7) is 5.76. The number of nitrogens with zero attached hydrogens (tertiary/aromatic N) is 5. The molecule has 2 aromatic rings. The second-order valence-electron chi connectivity index (χ2n) is 12.3. The third kappa shape index (κ3) is 7.14. The summed E-state index contributed by atoms with van der Waals surface area (Å²) in [5.74, 6) is -0.200. The number of rotatable bonds is 7. The zero-order valence-electron chi connectivity index (χ0n) is 24.5. The fourth-order valence-corrected chi connectivity index (χ4v) is 7.00. The Labute approximate surface area is 257 Å². The normalized spacial score (nSPS) is 22.0. The van der Waals surface area contributed by atoms with E-state index in [-0.39, 0.29) is 54.3 Å². The van der Waals surface area contributed by atoms with E-state index >= 15 is 0 Å². The average molecular weight is 623 g/mol. The van der Waals surface area contributed by atoms with E-state index in [1.54, 1.807) is 17.2 Å². The van der Waals surface area contributed by atoms with Crippen LogP contribution in [0.2, 0.25) is 0 Å². The van der Waals surface area contributed by atoms with Gasteiger partial charge in [-0.1, -0.05) is 24.6 Å². The van der Waals surface area contributed by atoms with Crippen LogP contribution >= 0.6 is 12.4 Å². The number of aromatic nitrogens is 2. The number of halogens is 4. The van der Waals surface area contributed by atoms with E-state index in [1.165, 1.54) is 31.4 Å². The molecular formula is C31H42ClF3N6O2. The first-order valence-electron chi connectivity index (χ1n) is 15.6. The van der Waals surface area contributed by atoms with Crippen LogP contribution in [0.5, 0.6) is 0 Å². The second-order valence-corrected chi connectivity index (χ2v) is 12.3. The van der Waals surface area contributed by atoms with Crippen LogP contribution in [0.15, 0.2) is 30.5 Å². The minimum Gasteiger partial charge on any atom is -0.338 e. The van der Waals surface area contributed by atoms with Gasteiger partial charge < -0.3 is 20.0 Å². The van der Waals surface area contributed by atoms with Crippen molar-refractivity contribution in [2.45, 2.75) is 75.4 Å². The zero-order chi connectivity index (χ0) is 29.3. The molecule has 236 valence electrons. The van der Waals surface area contributed by atoms with E-state index in [0.29, 0.717) is 38.2 Å². The van der Waals surface area contributed by atoms with Crippen molar-refractivity contribution in [2.75, 3.05) is 52.4 Å². The maximum Gasteiger partial charge on any atom is 0.416 e. The predicted molar refractivity (Wildman–Crippen MR) is 160 cm³/mol. The Kier molecular flexibility index (Phi) is 9.90. The average Bonchev–Trinajstić information content (AvgIpc) is 3.54. The first-order valence-corrected chi connectivity index (χ1v) is 15.6. The SMILES string of the molecule is Cl.O=C(NCCN1CCCCC1)N1CCC(n2ncc(C(=O)N3CC[C@@H](c4ccccc4C(F)(F)F)C3)c2C2CC2)CC1. The fourth-order valence-electron chi connectivity index (χ4n) is 7.00. The van der Waals surface area contributed by atoms with Gasteiger partial charge in [-0.05, 0) is 69.7 Å². The van der Waals surface area contributed by atoms with E-state index in [9.17, 15) is 22.8 Å². The number of amides is 3. The van der Waals surface area contributed by atoms with E-state index in [4.69, 9.17) is 0 Å². The summed E-state index contributed by atoms with van der Waals surface area (Å²) in [5, 5.41) is 7.77. The molecule has 4 fully saturated rings. The number of urea groups is 1. The van der Waals surface area contributed by atoms with Gasteiger partial charge in [-0.15, -0.1) is 12.4 Å². The number of piperidine rings is 2. The highest BCUT2D eigenvalue weighted by Crippen LogP contribution is 2.44. The first kappa shape index (κ1) is 31.6. The molecular weight excluding hydrogens is 581 g/mol. The van der Waals surface area contributed by atoms with Crippen LogP contribution in [-0.2, 0) is 6.18 Å². The molecule has 12 heteroatoms. The maximum absolute atomic E-state index is 13.7. The van der Waals surface area contributed by atoms with Crippen LogP contribution in [0.3, 0.4) is 0 Å². The molecule has 1 aromatic carbocycles. The zero-order valence-corrected chi connectivity index (χ0v) is 25.3. The number of alkyl halides is 3. The number of hydrogen-bond acceptors (Lipinski definition) is 4. The summed E-state index contributed by atoms with van der Waals surface area (Å²) < 4.78 is 42.9. The lowest BCUT2D eigenvalue weighted by Crippen LogP contribution is -2.47. The minimum absolute atomic E-state index is 0. The van der Waals surface area contributed by atoms with Crippen molar-refractivity contribution in [3.63, 3.8) is 0 Å². The van der Waals surface area contributed by atoms with Gasteiger partial charge in [-0.2, -0.15) is 18.3 Å². The molecule has 1 saturated carbocycles. The van der Waals surface area contributed by atoms with Crippen molar-refractivity contribution in [2.24, 2.45) is 0 Å². The molecule has 0 bridgehead atoms. The van der Waals surface area contributed by atoms with Crippen molar-refractivity contribution in [1.29, 1.82) is 0 Å². The largest absolute Gasteiger partial charge is 0.416 e. The summed E-state index contributed by atoms with van der Waals surface area (Å²) in [4.78, 5) is 32.5. The van der Waals surface area contributed by atoms with Crippen LogP contribution in [-0.4, -0.2) is 88.8 Å². The molecule has 3 saturated heterocycles. The van der Waals surface area contributed by atoms with Crippen LogP contribution in [0.1, 0.15) is 96.4 Å². The molecule has 0 spiro atoms. The molecule has 1 N–H and O–H groups in total. The van der Waals surface area contributed by atoms with Gasteiger partial charge in [0.25, 0.3) is 5.91 Å². The van der Waals surface area contributed by atoms with E-state index in [0.717, 1.165) is 57.1 Å². The number of hydrogen-bond donors (Lipinski definition) is 1. The molecule has 1 aliphatic carbocycles. The standard InChI is InChI=1S/C31H41F3N6O2.ClH/c32-31(33,34)27-7-3-2-6-25(27)23-10-16-39(21-23)29(41)26-20-36-40(28(26)22-8-9-22)24-11-17-38(18-12-24)30(42)35-13-19-37-14-4-1-5-15-37;/h2-3,6-7,20,22-24H,1,4-5,8-19,21H2,(H,35,42);1H/t23-;/m1./s1. The molecule has 0 radical (unpaired) electrons. The van der Waals surface area contributed by atoms with Gasteiger partial charge in [0.15, 0.2) is 0 Å². The summed E-state index contributed by atoms with van der Waals surface area (Å²) >= 11 is 0. The third-order valence-electron chi connectivity index (χ3n) is 9.46. The highest BCUT2D eigenvalue weighted by Gasteiger charge is 2.40. The number of nitrogens with one attached hydrogen (secondary N) is 1. The van der Waals surface area contributed by atoms with E-state index in [2.05, 4.69) is 15.3 Å². The van der Waals surface area contributed by atoms with Gasteiger partial charge in [0.2, 0.25) is 0 Å². The second kappa shape index (κ2) is 13.5. The van der Waals surface area contributed by atoms with Gasteiger partial charge in [0.05, 0.1) is 29.1 Å². The van der Waals surface area contributed by atoms with Crippen LogP contribution in [0.25, 0.3) is 0 Å². The molecule has 0 unspecified atom stereocenters. The molecule has 6 rings (SSSR count). The van der Waals surface area contributed by atoms with Gasteiger partial charge in [0, 0.05) is 51.1 Å². The number of likely N-dealkylation sites (tertiary alicyclic amines) is 3. The summed E-state index contributed by atoms with van der Waals surface area (Å²) in [6.07, 6.45) is 5.07. The van der Waals surface area contributed by atoms with Crippen molar-refractivity contribution in [3.8, 4) is 0 Å². The Bertz CT molecular complexity index is 1270. The van der Waals surface area contributed by atoms with Crippen molar-refractivity contribution in [3.05, 3.63) is 52.8 Å². The molecule has 3 amide bonds. The lowest BCUT2D eigenvalue weighted by molar-refractivity contribution is -0.138. The predicted octanol–water partition coefficient (Wildman–Crippen LogP) is 5.66. The lowest BCUT2D eigenvalue weighted by Gasteiger charge is -2.33. The molecule has 4 aliphatic rings.